The number of thiophene rings is 1. The summed E-state index contributed by atoms with van der Waals surface area (Å²) in [6.45, 7) is 1.08. The fourth-order valence-electron chi connectivity index (χ4n) is 3.91. The first-order chi connectivity index (χ1) is 15.2. The minimum Gasteiger partial charge on any atom is -0.394 e. The molecule has 1 fully saturated rings. The van der Waals surface area contributed by atoms with Crippen molar-refractivity contribution in [3.05, 3.63) is 75.6 Å². The van der Waals surface area contributed by atoms with Crippen molar-refractivity contribution >= 4 is 22.9 Å². The molecule has 0 amide bonds. The number of ether oxygens (including phenoxy) is 1. The molecule has 1 aliphatic rings. The van der Waals surface area contributed by atoms with Crippen molar-refractivity contribution < 1.29 is 29.6 Å². The minimum atomic E-state index is -2.11. The number of aliphatic hydroxyl groups is 4. The number of aliphatic hydroxyl groups excluding tert-OH is 3. The largest absolute Gasteiger partial charge is 0.394 e. The molecule has 0 spiro atoms. The zero-order valence-electron chi connectivity index (χ0n) is 17.2. The molecule has 4 rings (SSSR count). The minimum absolute atomic E-state index is 0.279. The lowest BCUT2D eigenvalue weighted by molar-refractivity contribution is -0.348. The Morgan fingerprint density at radius 1 is 1.19 bits per heavy atom. The topological polar surface area (TPSA) is 103 Å². The van der Waals surface area contributed by atoms with Crippen molar-refractivity contribution in [1.82, 2.24) is 4.98 Å². The molecule has 3 unspecified atom stereocenters. The molecule has 0 aliphatic carbocycles. The Balaban J connectivity index is 1.61. The van der Waals surface area contributed by atoms with Crippen LogP contribution in [0.5, 0.6) is 0 Å². The van der Waals surface area contributed by atoms with E-state index in [0.29, 0.717) is 17.0 Å². The standard InChI is InChI=1S/C23H23ClFNO5S/c1-12-21(28)18(11-27)31-23(30,22(12)29)15-3-5-17(24)14(8-15)9-16-4-6-19(32-16)13-2-7-20(25)26-10-13/h2-8,10,12,18,21-22,27-30H,9,11H2,1H3/t12?,18?,21-,22+,23?/m0/s1. The third-order valence-electron chi connectivity index (χ3n) is 5.83. The molecular weight excluding hydrogens is 457 g/mol. The fraction of sp³-hybridized carbons (Fsp3) is 0.348. The molecule has 6 nitrogen and oxygen atoms in total. The summed E-state index contributed by atoms with van der Waals surface area (Å²) in [6.07, 6.45) is -1.63. The Labute approximate surface area is 193 Å². The number of hydrogen-bond donors (Lipinski definition) is 4. The van der Waals surface area contributed by atoms with Crippen LogP contribution in [-0.4, -0.2) is 50.3 Å². The van der Waals surface area contributed by atoms with E-state index < -0.39 is 42.6 Å². The van der Waals surface area contributed by atoms with Gasteiger partial charge in [-0.2, -0.15) is 4.39 Å². The van der Waals surface area contributed by atoms with E-state index in [-0.39, 0.29) is 5.56 Å². The molecule has 32 heavy (non-hydrogen) atoms. The number of aromatic nitrogens is 1. The second-order valence-electron chi connectivity index (χ2n) is 7.95. The third kappa shape index (κ3) is 4.32. The van der Waals surface area contributed by atoms with Gasteiger partial charge in [-0.15, -0.1) is 11.3 Å². The normalized spacial score (nSPS) is 28.1. The lowest BCUT2D eigenvalue weighted by Gasteiger charge is -2.46. The Bertz CT molecular complexity index is 1090. The van der Waals surface area contributed by atoms with Crippen LogP contribution >= 0.6 is 22.9 Å². The Morgan fingerprint density at radius 2 is 1.97 bits per heavy atom. The van der Waals surface area contributed by atoms with Gasteiger partial charge < -0.3 is 25.2 Å². The maximum atomic E-state index is 13.1. The predicted molar refractivity (Wildman–Crippen MR) is 119 cm³/mol. The summed E-state index contributed by atoms with van der Waals surface area (Å²) in [6, 6.07) is 11.7. The number of rotatable bonds is 5. The molecule has 1 saturated heterocycles. The van der Waals surface area contributed by atoms with Gasteiger partial charge in [0.1, 0.15) is 12.2 Å². The Kier molecular flexibility index (Phi) is 6.65. The first-order valence-corrected chi connectivity index (χ1v) is 11.3. The molecule has 1 aromatic carbocycles. The molecule has 5 atom stereocenters. The van der Waals surface area contributed by atoms with Crippen molar-refractivity contribution in [3.8, 4) is 10.4 Å². The molecule has 9 heteroatoms. The molecule has 4 N–H and O–H groups in total. The fourth-order valence-corrected chi connectivity index (χ4v) is 5.11. The maximum Gasteiger partial charge on any atom is 0.220 e. The first kappa shape index (κ1) is 23.3. The molecule has 0 bridgehead atoms. The summed E-state index contributed by atoms with van der Waals surface area (Å²) >= 11 is 7.91. The van der Waals surface area contributed by atoms with E-state index >= 15 is 0 Å². The number of hydrogen-bond acceptors (Lipinski definition) is 7. The van der Waals surface area contributed by atoms with E-state index in [2.05, 4.69) is 4.98 Å². The van der Waals surface area contributed by atoms with Crippen LogP contribution in [-0.2, 0) is 16.9 Å². The van der Waals surface area contributed by atoms with Gasteiger partial charge in [-0.25, -0.2) is 4.98 Å². The van der Waals surface area contributed by atoms with Crippen LogP contribution in [0.25, 0.3) is 10.4 Å². The monoisotopic (exact) mass is 479 g/mol. The quantitative estimate of drug-likeness (QED) is 0.419. The van der Waals surface area contributed by atoms with Gasteiger partial charge in [0, 0.05) is 44.4 Å². The van der Waals surface area contributed by atoms with Gasteiger partial charge in [0.15, 0.2) is 0 Å². The third-order valence-corrected chi connectivity index (χ3v) is 7.33. The molecule has 170 valence electrons. The molecule has 3 aromatic rings. The van der Waals surface area contributed by atoms with Crippen LogP contribution in [0.15, 0.2) is 48.7 Å². The summed E-state index contributed by atoms with van der Waals surface area (Å²) in [4.78, 5) is 5.60. The van der Waals surface area contributed by atoms with Crippen LogP contribution < -0.4 is 0 Å². The van der Waals surface area contributed by atoms with E-state index in [1.54, 1.807) is 31.2 Å². The summed E-state index contributed by atoms with van der Waals surface area (Å²) in [5, 5.41) is 42.0. The molecule has 3 heterocycles. The van der Waals surface area contributed by atoms with Gasteiger partial charge in [0.2, 0.25) is 11.7 Å². The number of pyridine rings is 1. The second-order valence-corrected chi connectivity index (χ2v) is 9.52. The highest BCUT2D eigenvalue weighted by Gasteiger charge is 2.52. The van der Waals surface area contributed by atoms with Gasteiger partial charge >= 0.3 is 0 Å². The molecule has 0 radical (unpaired) electrons. The Morgan fingerprint density at radius 3 is 2.66 bits per heavy atom. The number of benzene rings is 1. The van der Waals surface area contributed by atoms with Crippen molar-refractivity contribution in [1.29, 1.82) is 0 Å². The van der Waals surface area contributed by atoms with E-state index in [9.17, 15) is 24.8 Å². The average Bonchev–Trinajstić information content (AvgIpc) is 3.25. The van der Waals surface area contributed by atoms with Gasteiger partial charge in [-0.05, 0) is 42.0 Å². The van der Waals surface area contributed by atoms with Crippen molar-refractivity contribution in [2.75, 3.05) is 6.61 Å². The second kappa shape index (κ2) is 9.15. The number of halogens is 2. The molecule has 1 aliphatic heterocycles. The Hall–Kier alpha value is -1.91. The average molecular weight is 480 g/mol. The van der Waals surface area contributed by atoms with E-state index in [1.165, 1.54) is 23.6 Å². The molecular formula is C23H23ClFNO5S. The summed E-state index contributed by atoms with van der Waals surface area (Å²) in [7, 11) is 0. The van der Waals surface area contributed by atoms with E-state index in [4.69, 9.17) is 16.3 Å². The SMILES string of the molecule is CC1[C@H](O)C(CO)OC(O)(c2ccc(Cl)c(Cc3ccc(-c4ccc(F)nc4)s3)c2)[C@@H]1O. The summed E-state index contributed by atoms with van der Waals surface area (Å²) in [5.74, 6) is -3.37. The zero-order valence-corrected chi connectivity index (χ0v) is 18.7. The van der Waals surface area contributed by atoms with E-state index in [0.717, 1.165) is 15.3 Å². The molecule has 2 aromatic heterocycles. The summed E-state index contributed by atoms with van der Waals surface area (Å²) in [5.41, 5.74) is 1.79. The lowest BCUT2D eigenvalue weighted by atomic mass is 9.82. The van der Waals surface area contributed by atoms with Crippen LogP contribution in [0.1, 0.15) is 22.9 Å². The van der Waals surface area contributed by atoms with Gasteiger partial charge in [-0.1, -0.05) is 24.6 Å². The van der Waals surface area contributed by atoms with Gasteiger partial charge in [-0.3, -0.25) is 0 Å². The lowest BCUT2D eigenvalue weighted by Crippen LogP contribution is -2.60. The van der Waals surface area contributed by atoms with Crippen LogP contribution in [0, 0.1) is 11.9 Å². The molecule has 0 saturated carbocycles. The highest BCUT2D eigenvalue weighted by molar-refractivity contribution is 7.15. The van der Waals surface area contributed by atoms with Crippen molar-refractivity contribution in [2.24, 2.45) is 5.92 Å². The van der Waals surface area contributed by atoms with Crippen molar-refractivity contribution in [2.45, 2.75) is 37.4 Å². The van der Waals surface area contributed by atoms with Crippen molar-refractivity contribution in [3.63, 3.8) is 0 Å². The maximum absolute atomic E-state index is 13.1. The highest BCUT2D eigenvalue weighted by Crippen LogP contribution is 2.40. The van der Waals surface area contributed by atoms with Crippen LogP contribution in [0.3, 0.4) is 0 Å². The van der Waals surface area contributed by atoms with E-state index in [1.807, 2.05) is 12.1 Å². The van der Waals surface area contributed by atoms with Crippen LogP contribution in [0.2, 0.25) is 5.02 Å². The predicted octanol–water partition coefficient (Wildman–Crippen LogP) is 3.09. The smallest absolute Gasteiger partial charge is 0.220 e. The highest BCUT2D eigenvalue weighted by atomic mass is 35.5. The zero-order chi connectivity index (χ0) is 23.0. The van der Waals surface area contributed by atoms with Crippen LogP contribution in [0.4, 0.5) is 4.39 Å². The summed E-state index contributed by atoms with van der Waals surface area (Å²) < 4.78 is 18.6. The first-order valence-electron chi connectivity index (χ1n) is 10.1. The van der Waals surface area contributed by atoms with Gasteiger partial charge in [0.05, 0.1) is 12.7 Å². The number of nitrogens with zero attached hydrogens (tertiary/aromatic N) is 1. The van der Waals surface area contributed by atoms with Gasteiger partial charge in [0.25, 0.3) is 0 Å².